The number of methoxy groups -OCH3 is 1. The molecule has 0 saturated carbocycles. The Labute approximate surface area is 61.6 Å². The molecule has 0 spiro atoms. The van der Waals surface area contributed by atoms with Gasteiger partial charge in [0.1, 0.15) is 5.82 Å². The lowest BCUT2D eigenvalue weighted by Crippen LogP contribution is -2.03. The van der Waals surface area contributed by atoms with Crippen LogP contribution in [0.2, 0.25) is 0 Å². The third-order valence-electron chi connectivity index (χ3n) is 1.09. The lowest BCUT2D eigenvalue weighted by atomic mass is 10.5. The van der Waals surface area contributed by atoms with E-state index in [0.717, 1.165) is 6.42 Å². The molecule has 0 aliphatic carbocycles. The van der Waals surface area contributed by atoms with Crippen molar-refractivity contribution in [1.82, 2.24) is 0 Å². The molecule has 0 aliphatic heterocycles. The molecule has 10 heavy (non-hydrogen) atoms. The summed E-state index contributed by atoms with van der Waals surface area (Å²) in [5.74, 6) is 1.16. The van der Waals surface area contributed by atoms with Gasteiger partial charge in [0.05, 0.1) is 7.11 Å². The fourth-order valence-electron chi connectivity index (χ4n) is 0.478. The van der Waals surface area contributed by atoms with Gasteiger partial charge in [-0.1, -0.05) is 6.92 Å². The van der Waals surface area contributed by atoms with Crippen LogP contribution in [0.1, 0.15) is 20.3 Å². The zero-order chi connectivity index (χ0) is 7.98. The lowest BCUT2D eigenvalue weighted by molar-refractivity contribution is 0.392. The Balaban J connectivity index is 4.10. The van der Waals surface area contributed by atoms with Crippen LogP contribution in [-0.2, 0) is 4.74 Å². The van der Waals surface area contributed by atoms with Crippen molar-refractivity contribution in [3.8, 4) is 0 Å². The van der Waals surface area contributed by atoms with Gasteiger partial charge in [-0.05, 0) is 13.0 Å². The Morgan fingerprint density at radius 1 is 1.70 bits per heavy atom. The maximum atomic E-state index is 5.42. The number of allylic oxidation sites excluding steroid dienone is 1. The van der Waals surface area contributed by atoms with Crippen LogP contribution in [0.25, 0.3) is 0 Å². The Morgan fingerprint density at radius 2 is 2.30 bits per heavy atom. The lowest BCUT2D eigenvalue weighted by Gasteiger charge is -1.99. The molecule has 0 radical (unpaired) electrons. The number of rotatable bonds is 2. The van der Waals surface area contributed by atoms with E-state index in [4.69, 9.17) is 10.5 Å². The van der Waals surface area contributed by atoms with Gasteiger partial charge in [0, 0.05) is 6.42 Å². The Hall–Kier alpha value is -0.990. The molecule has 0 aromatic heterocycles. The zero-order valence-electron chi connectivity index (χ0n) is 6.72. The van der Waals surface area contributed by atoms with Gasteiger partial charge in [0.25, 0.3) is 0 Å². The Bertz CT molecular complexity index is 144. The molecule has 3 nitrogen and oxygen atoms in total. The predicted molar refractivity (Wildman–Crippen MR) is 42.7 cm³/mol. The molecule has 0 saturated heterocycles. The molecule has 0 bridgehead atoms. The third kappa shape index (κ3) is 3.12. The van der Waals surface area contributed by atoms with Crippen LogP contribution in [0.15, 0.2) is 16.9 Å². The summed E-state index contributed by atoms with van der Waals surface area (Å²) in [6.45, 7) is 3.80. The van der Waals surface area contributed by atoms with E-state index < -0.39 is 0 Å². The van der Waals surface area contributed by atoms with Crippen LogP contribution in [0.5, 0.6) is 0 Å². The SMILES string of the molecule is C/C=C(/N)N=C(CC)OC. The van der Waals surface area contributed by atoms with E-state index in [1.807, 2.05) is 13.8 Å². The number of hydrogen-bond donors (Lipinski definition) is 1. The topological polar surface area (TPSA) is 47.6 Å². The number of ether oxygens (including phenoxy) is 1. The smallest absolute Gasteiger partial charge is 0.189 e. The highest BCUT2D eigenvalue weighted by Crippen LogP contribution is 1.92. The normalized spacial score (nSPS) is 13.5. The highest BCUT2D eigenvalue weighted by molar-refractivity contribution is 5.76. The van der Waals surface area contributed by atoms with Crippen molar-refractivity contribution in [1.29, 1.82) is 0 Å². The van der Waals surface area contributed by atoms with E-state index in [1.54, 1.807) is 13.2 Å². The van der Waals surface area contributed by atoms with Gasteiger partial charge in [-0.15, -0.1) is 0 Å². The summed E-state index contributed by atoms with van der Waals surface area (Å²) >= 11 is 0. The molecule has 0 heterocycles. The number of nitrogens with zero attached hydrogens (tertiary/aromatic N) is 1. The van der Waals surface area contributed by atoms with E-state index in [1.165, 1.54) is 0 Å². The Kier molecular flexibility index (Phi) is 4.37. The monoisotopic (exact) mass is 142 g/mol. The quantitative estimate of drug-likeness (QED) is 0.466. The molecular formula is C7H14N2O. The Morgan fingerprint density at radius 3 is 2.60 bits per heavy atom. The minimum Gasteiger partial charge on any atom is -0.484 e. The van der Waals surface area contributed by atoms with Gasteiger partial charge in [0.2, 0.25) is 0 Å². The summed E-state index contributed by atoms with van der Waals surface area (Å²) in [5.41, 5.74) is 5.42. The number of nitrogens with two attached hydrogens (primary N) is 1. The van der Waals surface area contributed by atoms with Gasteiger partial charge in [-0.2, -0.15) is 0 Å². The van der Waals surface area contributed by atoms with Gasteiger partial charge in [0.15, 0.2) is 5.90 Å². The molecule has 3 heteroatoms. The van der Waals surface area contributed by atoms with E-state index in [2.05, 4.69) is 4.99 Å². The first-order valence-corrected chi connectivity index (χ1v) is 3.27. The highest BCUT2D eigenvalue weighted by Gasteiger charge is 1.91. The van der Waals surface area contributed by atoms with Crippen molar-refractivity contribution < 1.29 is 4.74 Å². The van der Waals surface area contributed by atoms with E-state index in [-0.39, 0.29) is 0 Å². The molecule has 0 unspecified atom stereocenters. The maximum absolute atomic E-state index is 5.42. The fourth-order valence-corrected chi connectivity index (χ4v) is 0.478. The van der Waals surface area contributed by atoms with Crippen molar-refractivity contribution in [2.45, 2.75) is 20.3 Å². The maximum Gasteiger partial charge on any atom is 0.189 e. The summed E-state index contributed by atoms with van der Waals surface area (Å²) in [5, 5.41) is 0. The first kappa shape index (κ1) is 9.01. The van der Waals surface area contributed by atoms with Crippen molar-refractivity contribution >= 4 is 5.90 Å². The van der Waals surface area contributed by atoms with Crippen LogP contribution >= 0.6 is 0 Å². The van der Waals surface area contributed by atoms with Crippen LogP contribution < -0.4 is 5.73 Å². The molecule has 0 aliphatic rings. The molecule has 2 N–H and O–H groups in total. The number of hydrogen-bond acceptors (Lipinski definition) is 3. The average molecular weight is 142 g/mol. The summed E-state index contributed by atoms with van der Waals surface area (Å²) in [6, 6.07) is 0. The largest absolute Gasteiger partial charge is 0.484 e. The van der Waals surface area contributed by atoms with Crippen molar-refractivity contribution in [2.75, 3.05) is 7.11 Å². The molecule has 0 amide bonds. The van der Waals surface area contributed by atoms with Gasteiger partial charge < -0.3 is 10.5 Å². The van der Waals surface area contributed by atoms with Gasteiger partial charge in [-0.25, -0.2) is 4.99 Å². The van der Waals surface area contributed by atoms with Crippen LogP contribution in [0.3, 0.4) is 0 Å². The van der Waals surface area contributed by atoms with Crippen LogP contribution in [0.4, 0.5) is 0 Å². The fraction of sp³-hybridized carbons (Fsp3) is 0.571. The van der Waals surface area contributed by atoms with Gasteiger partial charge >= 0.3 is 0 Å². The average Bonchev–Trinajstić information content (AvgIpc) is 1.99. The standard InChI is InChI=1S/C7H14N2O/c1-4-6(8)9-7(5-2)10-3/h4H,5,8H2,1-3H3/b6-4-,9-7?. The predicted octanol–water partition coefficient (Wildman–Crippen LogP) is 1.26. The van der Waals surface area contributed by atoms with Gasteiger partial charge in [-0.3, -0.25) is 0 Å². The summed E-state index contributed by atoms with van der Waals surface area (Å²) in [6.07, 6.45) is 2.50. The minimum absolute atomic E-state index is 0.499. The van der Waals surface area contributed by atoms with Crippen LogP contribution in [0, 0.1) is 0 Å². The van der Waals surface area contributed by atoms with Crippen molar-refractivity contribution in [3.05, 3.63) is 11.9 Å². The van der Waals surface area contributed by atoms with E-state index in [0.29, 0.717) is 11.7 Å². The molecule has 0 atom stereocenters. The summed E-state index contributed by atoms with van der Waals surface area (Å²) in [7, 11) is 1.59. The second kappa shape index (κ2) is 4.85. The molecule has 0 rings (SSSR count). The van der Waals surface area contributed by atoms with Crippen molar-refractivity contribution in [3.63, 3.8) is 0 Å². The van der Waals surface area contributed by atoms with E-state index in [9.17, 15) is 0 Å². The first-order chi connectivity index (χ1) is 4.74. The summed E-state index contributed by atoms with van der Waals surface area (Å²) in [4.78, 5) is 3.97. The molecular weight excluding hydrogens is 128 g/mol. The second-order valence-corrected chi connectivity index (χ2v) is 1.78. The molecule has 0 aromatic rings. The minimum atomic E-state index is 0.499. The molecule has 58 valence electrons. The zero-order valence-corrected chi connectivity index (χ0v) is 6.72. The van der Waals surface area contributed by atoms with Crippen molar-refractivity contribution in [2.24, 2.45) is 10.7 Å². The second-order valence-electron chi connectivity index (χ2n) is 1.78. The number of aliphatic imine (C=N–C) groups is 1. The third-order valence-corrected chi connectivity index (χ3v) is 1.09. The van der Waals surface area contributed by atoms with Crippen LogP contribution in [-0.4, -0.2) is 13.0 Å². The molecule has 0 aromatic carbocycles. The summed E-state index contributed by atoms with van der Waals surface area (Å²) < 4.78 is 4.90. The highest BCUT2D eigenvalue weighted by atomic mass is 16.5. The van der Waals surface area contributed by atoms with E-state index >= 15 is 0 Å². The molecule has 0 fully saturated rings. The first-order valence-electron chi connectivity index (χ1n) is 3.27.